The van der Waals surface area contributed by atoms with Crippen molar-refractivity contribution < 1.29 is 0 Å². The summed E-state index contributed by atoms with van der Waals surface area (Å²) in [5.41, 5.74) is 6.51. The fraction of sp³-hybridized carbons (Fsp3) is 0.500. The Kier molecular flexibility index (Phi) is 4.73. The molecule has 1 fully saturated rings. The van der Waals surface area contributed by atoms with E-state index in [-0.39, 0.29) is 5.84 Å². The number of thioether (sulfide) groups is 1. The zero-order valence-corrected chi connectivity index (χ0v) is 13.0. The zero-order chi connectivity index (χ0) is 13.1. The molecule has 4 heteroatoms. The summed E-state index contributed by atoms with van der Waals surface area (Å²) in [6, 6.07) is 5.96. The molecule has 3 N–H and O–H groups in total. The third-order valence-corrected chi connectivity index (χ3v) is 5.26. The molecular weight excluding hydrogens is 308 g/mol. The Morgan fingerprint density at radius 3 is 2.89 bits per heavy atom. The van der Waals surface area contributed by atoms with Gasteiger partial charge in [0.2, 0.25) is 0 Å². The van der Waals surface area contributed by atoms with Crippen molar-refractivity contribution in [2.24, 2.45) is 11.7 Å². The maximum absolute atomic E-state index is 7.65. The summed E-state index contributed by atoms with van der Waals surface area (Å²) in [5, 5.41) is 8.32. The average Bonchev–Trinajstić information content (AvgIpc) is 2.28. The van der Waals surface area contributed by atoms with Crippen molar-refractivity contribution in [1.29, 1.82) is 5.41 Å². The summed E-state index contributed by atoms with van der Waals surface area (Å²) >= 11 is 5.38. The van der Waals surface area contributed by atoms with Crippen molar-refractivity contribution in [3.8, 4) is 0 Å². The van der Waals surface area contributed by atoms with Gasteiger partial charge < -0.3 is 5.73 Å². The van der Waals surface area contributed by atoms with Crippen LogP contribution in [0.3, 0.4) is 0 Å². The van der Waals surface area contributed by atoms with Gasteiger partial charge in [0.05, 0.1) is 0 Å². The fourth-order valence-corrected chi connectivity index (χ4v) is 4.56. The molecular formula is C14H19BrN2S. The first-order chi connectivity index (χ1) is 8.56. The Morgan fingerprint density at radius 1 is 1.44 bits per heavy atom. The molecule has 1 aromatic rings. The molecule has 2 unspecified atom stereocenters. The molecule has 0 radical (unpaired) electrons. The number of hydrogen-bond donors (Lipinski definition) is 2. The van der Waals surface area contributed by atoms with Crippen LogP contribution in [-0.4, -0.2) is 11.1 Å². The molecule has 0 heterocycles. The minimum absolute atomic E-state index is 0.161. The normalized spacial score (nSPS) is 23.9. The van der Waals surface area contributed by atoms with Gasteiger partial charge in [0.15, 0.2) is 0 Å². The molecule has 18 heavy (non-hydrogen) atoms. The number of benzene rings is 1. The average molecular weight is 327 g/mol. The SMILES string of the molecule is CC1CCCC(Sc2cc(Br)ccc2C(=N)N)C1. The van der Waals surface area contributed by atoms with Gasteiger partial charge in [-0.2, -0.15) is 0 Å². The van der Waals surface area contributed by atoms with E-state index in [4.69, 9.17) is 11.1 Å². The van der Waals surface area contributed by atoms with Gasteiger partial charge >= 0.3 is 0 Å². The topological polar surface area (TPSA) is 49.9 Å². The van der Waals surface area contributed by atoms with Crippen molar-refractivity contribution in [2.75, 3.05) is 0 Å². The maximum Gasteiger partial charge on any atom is 0.123 e. The van der Waals surface area contributed by atoms with Crippen LogP contribution in [0.4, 0.5) is 0 Å². The van der Waals surface area contributed by atoms with Crippen molar-refractivity contribution in [3.05, 3.63) is 28.2 Å². The number of rotatable bonds is 3. The lowest BCUT2D eigenvalue weighted by molar-refractivity contribution is 0.394. The van der Waals surface area contributed by atoms with Crippen LogP contribution in [0.25, 0.3) is 0 Å². The van der Waals surface area contributed by atoms with E-state index in [0.717, 1.165) is 20.8 Å². The molecule has 1 saturated carbocycles. The Hall–Kier alpha value is -0.480. The van der Waals surface area contributed by atoms with Gasteiger partial charge in [-0.3, -0.25) is 5.41 Å². The smallest absolute Gasteiger partial charge is 0.123 e. The lowest BCUT2D eigenvalue weighted by Gasteiger charge is -2.26. The van der Waals surface area contributed by atoms with Crippen LogP contribution in [0, 0.1) is 11.3 Å². The standard InChI is InChI=1S/C14H19BrN2S/c1-9-3-2-4-11(7-9)18-13-8-10(15)5-6-12(13)14(16)17/h5-6,8-9,11H,2-4,7H2,1H3,(H3,16,17). The van der Waals surface area contributed by atoms with E-state index < -0.39 is 0 Å². The number of halogens is 1. The van der Waals surface area contributed by atoms with E-state index >= 15 is 0 Å². The number of nitrogens with two attached hydrogens (primary N) is 1. The van der Waals surface area contributed by atoms with Crippen LogP contribution in [0.5, 0.6) is 0 Å². The highest BCUT2D eigenvalue weighted by Crippen LogP contribution is 2.38. The van der Waals surface area contributed by atoms with Crippen LogP contribution >= 0.6 is 27.7 Å². The van der Waals surface area contributed by atoms with Gasteiger partial charge in [-0.15, -0.1) is 11.8 Å². The van der Waals surface area contributed by atoms with E-state index in [1.54, 1.807) is 0 Å². The summed E-state index contributed by atoms with van der Waals surface area (Å²) in [4.78, 5) is 1.14. The van der Waals surface area contributed by atoms with Crippen LogP contribution in [0.2, 0.25) is 0 Å². The molecule has 0 amide bonds. The molecule has 98 valence electrons. The molecule has 0 saturated heterocycles. The number of amidine groups is 1. The summed E-state index contributed by atoms with van der Waals surface area (Å²) in [6.07, 6.45) is 5.23. The van der Waals surface area contributed by atoms with Crippen LogP contribution in [0.1, 0.15) is 38.2 Å². The molecule has 2 nitrogen and oxygen atoms in total. The number of nitrogen functional groups attached to an aromatic ring is 1. The molecule has 1 aliphatic rings. The van der Waals surface area contributed by atoms with Crippen molar-refractivity contribution in [1.82, 2.24) is 0 Å². The molecule has 0 bridgehead atoms. The second kappa shape index (κ2) is 6.11. The predicted molar refractivity (Wildman–Crippen MR) is 82.4 cm³/mol. The lowest BCUT2D eigenvalue weighted by atomic mass is 9.91. The summed E-state index contributed by atoms with van der Waals surface area (Å²) in [7, 11) is 0. The molecule has 2 atom stereocenters. The Bertz CT molecular complexity index is 447. The quantitative estimate of drug-likeness (QED) is 0.638. The van der Waals surface area contributed by atoms with Gasteiger partial charge in [0, 0.05) is 20.2 Å². The minimum Gasteiger partial charge on any atom is -0.384 e. The van der Waals surface area contributed by atoms with Crippen LogP contribution in [0.15, 0.2) is 27.6 Å². The van der Waals surface area contributed by atoms with Gasteiger partial charge in [0.1, 0.15) is 5.84 Å². The third kappa shape index (κ3) is 3.51. The van der Waals surface area contributed by atoms with E-state index in [1.807, 2.05) is 23.9 Å². The van der Waals surface area contributed by atoms with Crippen LogP contribution < -0.4 is 5.73 Å². The first kappa shape index (κ1) is 13.9. The van der Waals surface area contributed by atoms with Crippen molar-refractivity contribution in [3.63, 3.8) is 0 Å². The van der Waals surface area contributed by atoms with Crippen molar-refractivity contribution >= 4 is 33.5 Å². The zero-order valence-electron chi connectivity index (χ0n) is 10.6. The summed E-state index contributed by atoms with van der Waals surface area (Å²) in [5.74, 6) is 0.984. The molecule has 2 rings (SSSR count). The third-order valence-electron chi connectivity index (χ3n) is 3.42. The fourth-order valence-electron chi connectivity index (χ4n) is 2.48. The molecule has 0 aliphatic heterocycles. The number of hydrogen-bond acceptors (Lipinski definition) is 2. The highest BCUT2D eigenvalue weighted by atomic mass is 79.9. The highest BCUT2D eigenvalue weighted by Gasteiger charge is 2.21. The molecule has 0 spiro atoms. The first-order valence-corrected chi connectivity index (χ1v) is 8.04. The second-order valence-electron chi connectivity index (χ2n) is 5.07. The van der Waals surface area contributed by atoms with Gasteiger partial charge in [-0.1, -0.05) is 35.7 Å². The lowest BCUT2D eigenvalue weighted by Crippen LogP contribution is -2.17. The molecule has 1 aliphatic carbocycles. The maximum atomic E-state index is 7.65. The summed E-state index contributed by atoms with van der Waals surface area (Å²) < 4.78 is 1.05. The molecule has 0 aromatic heterocycles. The molecule has 1 aromatic carbocycles. The van der Waals surface area contributed by atoms with Gasteiger partial charge in [0.25, 0.3) is 0 Å². The van der Waals surface area contributed by atoms with Gasteiger partial charge in [-0.25, -0.2) is 0 Å². The second-order valence-corrected chi connectivity index (χ2v) is 7.32. The Labute approximate surface area is 121 Å². The highest BCUT2D eigenvalue weighted by molar-refractivity contribution is 9.10. The number of nitrogens with one attached hydrogen (secondary N) is 1. The predicted octanol–water partition coefficient (Wildman–Crippen LogP) is 4.40. The van der Waals surface area contributed by atoms with Crippen molar-refractivity contribution in [2.45, 2.75) is 42.8 Å². The van der Waals surface area contributed by atoms with E-state index in [1.165, 1.54) is 25.7 Å². The van der Waals surface area contributed by atoms with E-state index in [0.29, 0.717) is 5.25 Å². The summed E-state index contributed by atoms with van der Waals surface area (Å²) in [6.45, 7) is 2.33. The van der Waals surface area contributed by atoms with Crippen LogP contribution in [-0.2, 0) is 0 Å². The minimum atomic E-state index is 0.161. The first-order valence-electron chi connectivity index (χ1n) is 6.37. The largest absolute Gasteiger partial charge is 0.384 e. The van der Waals surface area contributed by atoms with E-state index in [2.05, 4.69) is 28.9 Å². The van der Waals surface area contributed by atoms with E-state index in [9.17, 15) is 0 Å². The Morgan fingerprint density at radius 2 is 2.22 bits per heavy atom. The monoisotopic (exact) mass is 326 g/mol. The Balaban J connectivity index is 2.16. The van der Waals surface area contributed by atoms with Gasteiger partial charge in [-0.05, 0) is 37.0 Å².